The third-order valence-electron chi connectivity index (χ3n) is 3.40. The second kappa shape index (κ2) is 3.92. The molecule has 1 aliphatic carbocycles. The van der Waals surface area contributed by atoms with Gasteiger partial charge in [-0.1, -0.05) is 30.7 Å². The second-order valence-corrected chi connectivity index (χ2v) is 4.70. The maximum Gasteiger partial charge on any atom is 0.0408 e. The minimum atomic E-state index is 0.360. The van der Waals surface area contributed by atoms with E-state index in [4.69, 9.17) is 17.3 Å². The summed E-state index contributed by atoms with van der Waals surface area (Å²) in [4.78, 5) is 0. The molecule has 0 aliphatic heterocycles. The van der Waals surface area contributed by atoms with E-state index in [1.807, 2.05) is 12.1 Å². The first kappa shape index (κ1) is 10.0. The van der Waals surface area contributed by atoms with Crippen molar-refractivity contribution in [3.8, 4) is 0 Å². The van der Waals surface area contributed by atoms with E-state index in [2.05, 4.69) is 19.1 Å². The Morgan fingerprint density at radius 1 is 1.36 bits per heavy atom. The Morgan fingerprint density at radius 2 is 2.14 bits per heavy atom. The molecule has 1 saturated carbocycles. The molecular formula is C12H16ClN. The average molecular weight is 210 g/mol. The summed E-state index contributed by atoms with van der Waals surface area (Å²) < 4.78 is 0. The standard InChI is InChI=1S/C12H16ClN/c1-8-11(5-6-12(8)14)9-3-2-4-10(13)7-9/h2-4,7-8,11-12H,5-6,14H2,1H3. The SMILES string of the molecule is CC1C(N)CCC1c1cccc(Cl)c1. The Bertz CT molecular complexity index is 324. The van der Waals surface area contributed by atoms with Crippen LogP contribution in [0.25, 0.3) is 0 Å². The van der Waals surface area contributed by atoms with E-state index in [0.29, 0.717) is 17.9 Å². The molecule has 1 nitrogen and oxygen atoms in total. The summed E-state index contributed by atoms with van der Waals surface area (Å²) in [5, 5.41) is 0.829. The van der Waals surface area contributed by atoms with Gasteiger partial charge in [0.1, 0.15) is 0 Å². The summed E-state index contributed by atoms with van der Waals surface area (Å²) in [7, 11) is 0. The van der Waals surface area contributed by atoms with Crippen molar-refractivity contribution in [2.24, 2.45) is 11.7 Å². The Morgan fingerprint density at radius 3 is 2.71 bits per heavy atom. The van der Waals surface area contributed by atoms with Crippen LogP contribution >= 0.6 is 11.6 Å². The van der Waals surface area contributed by atoms with Crippen molar-refractivity contribution in [1.82, 2.24) is 0 Å². The third kappa shape index (κ3) is 1.79. The molecule has 0 heterocycles. The normalized spacial score (nSPS) is 32.1. The molecule has 1 fully saturated rings. The van der Waals surface area contributed by atoms with Gasteiger partial charge in [0.05, 0.1) is 0 Å². The van der Waals surface area contributed by atoms with Crippen LogP contribution in [0.15, 0.2) is 24.3 Å². The molecule has 0 spiro atoms. The van der Waals surface area contributed by atoms with Crippen LogP contribution in [0, 0.1) is 5.92 Å². The lowest BCUT2D eigenvalue weighted by Crippen LogP contribution is -2.24. The first-order chi connectivity index (χ1) is 6.68. The van der Waals surface area contributed by atoms with Crippen LogP contribution in [0.4, 0.5) is 0 Å². The van der Waals surface area contributed by atoms with E-state index >= 15 is 0 Å². The predicted octanol–water partition coefficient (Wildman–Crippen LogP) is 3.18. The van der Waals surface area contributed by atoms with Crippen LogP contribution in [-0.2, 0) is 0 Å². The van der Waals surface area contributed by atoms with Crippen LogP contribution in [0.2, 0.25) is 5.02 Å². The lowest BCUT2D eigenvalue weighted by molar-refractivity contribution is 0.479. The van der Waals surface area contributed by atoms with Crippen LogP contribution in [0.1, 0.15) is 31.2 Å². The Hall–Kier alpha value is -0.530. The van der Waals surface area contributed by atoms with E-state index in [-0.39, 0.29) is 0 Å². The van der Waals surface area contributed by atoms with Crippen molar-refractivity contribution in [1.29, 1.82) is 0 Å². The molecule has 3 unspecified atom stereocenters. The molecule has 14 heavy (non-hydrogen) atoms. The monoisotopic (exact) mass is 209 g/mol. The lowest BCUT2D eigenvalue weighted by Gasteiger charge is -2.18. The summed E-state index contributed by atoms with van der Waals surface area (Å²) in [6.07, 6.45) is 2.33. The fraction of sp³-hybridized carbons (Fsp3) is 0.500. The molecule has 0 aromatic heterocycles. The first-order valence-corrected chi connectivity index (χ1v) is 5.57. The number of benzene rings is 1. The zero-order valence-corrected chi connectivity index (χ0v) is 9.17. The van der Waals surface area contributed by atoms with Gasteiger partial charge in [0, 0.05) is 11.1 Å². The third-order valence-corrected chi connectivity index (χ3v) is 3.63. The highest BCUT2D eigenvalue weighted by Crippen LogP contribution is 2.39. The predicted molar refractivity (Wildman–Crippen MR) is 60.6 cm³/mol. The van der Waals surface area contributed by atoms with Gasteiger partial charge in [0.25, 0.3) is 0 Å². The maximum absolute atomic E-state index is 6.01. The van der Waals surface area contributed by atoms with Crippen LogP contribution in [-0.4, -0.2) is 6.04 Å². The van der Waals surface area contributed by atoms with Crippen molar-refractivity contribution >= 4 is 11.6 Å². The van der Waals surface area contributed by atoms with E-state index in [9.17, 15) is 0 Å². The molecule has 0 radical (unpaired) electrons. The highest BCUT2D eigenvalue weighted by molar-refractivity contribution is 6.30. The number of hydrogen-bond donors (Lipinski definition) is 1. The Labute approximate surface area is 90.3 Å². The molecule has 0 amide bonds. The molecule has 1 aromatic rings. The minimum Gasteiger partial charge on any atom is -0.327 e. The van der Waals surface area contributed by atoms with Gasteiger partial charge in [-0.15, -0.1) is 0 Å². The topological polar surface area (TPSA) is 26.0 Å². The molecule has 3 atom stereocenters. The van der Waals surface area contributed by atoms with Gasteiger partial charge in [-0.3, -0.25) is 0 Å². The number of nitrogens with two attached hydrogens (primary N) is 1. The fourth-order valence-corrected chi connectivity index (χ4v) is 2.60. The van der Waals surface area contributed by atoms with E-state index in [1.165, 1.54) is 12.0 Å². The first-order valence-electron chi connectivity index (χ1n) is 5.19. The zero-order valence-electron chi connectivity index (χ0n) is 8.41. The molecule has 0 saturated heterocycles. The average Bonchev–Trinajstić information content (AvgIpc) is 2.48. The largest absolute Gasteiger partial charge is 0.327 e. The smallest absolute Gasteiger partial charge is 0.0408 e. The number of rotatable bonds is 1. The van der Waals surface area contributed by atoms with Crippen LogP contribution < -0.4 is 5.73 Å². The Kier molecular flexibility index (Phi) is 2.80. The van der Waals surface area contributed by atoms with Crippen molar-refractivity contribution in [2.45, 2.75) is 31.7 Å². The molecular weight excluding hydrogens is 194 g/mol. The lowest BCUT2D eigenvalue weighted by atomic mass is 9.89. The van der Waals surface area contributed by atoms with Crippen molar-refractivity contribution < 1.29 is 0 Å². The van der Waals surface area contributed by atoms with E-state index < -0.39 is 0 Å². The van der Waals surface area contributed by atoms with Gasteiger partial charge in [0.15, 0.2) is 0 Å². The summed E-state index contributed by atoms with van der Waals surface area (Å²) in [5.41, 5.74) is 7.36. The summed E-state index contributed by atoms with van der Waals surface area (Å²) in [6.45, 7) is 2.24. The second-order valence-electron chi connectivity index (χ2n) is 4.26. The summed E-state index contributed by atoms with van der Waals surface area (Å²) in [5.74, 6) is 1.18. The fourth-order valence-electron chi connectivity index (χ4n) is 2.40. The number of hydrogen-bond acceptors (Lipinski definition) is 1. The van der Waals surface area contributed by atoms with Crippen molar-refractivity contribution in [3.05, 3.63) is 34.9 Å². The minimum absolute atomic E-state index is 0.360. The highest BCUT2D eigenvalue weighted by Gasteiger charge is 2.31. The summed E-state index contributed by atoms with van der Waals surface area (Å²) in [6, 6.07) is 8.53. The molecule has 1 aromatic carbocycles. The maximum atomic E-state index is 6.01. The molecule has 0 bridgehead atoms. The molecule has 1 aliphatic rings. The van der Waals surface area contributed by atoms with E-state index in [0.717, 1.165) is 11.4 Å². The van der Waals surface area contributed by atoms with Crippen LogP contribution in [0.3, 0.4) is 0 Å². The molecule has 2 heteroatoms. The van der Waals surface area contributed by atoms with E-state index in [1.54, 1.807) is 0 Å². The van der Waals surface area contributed by atoms with Gasteiger partial charge >= 0.3 is 0 Å². The van der Waals surface area contributed by atoms with Gasteiger partial charge in [0.2, 0.25) is 0 Å². The van der Waals surface area contributed by atoms with Crippen LogP contribution in [0.5, 0.6) is 0 Å². The molecule has 2 N–H and O–H groups in total. The van der Waals surface area contributed by atoms with Gasteiger partial charge in [-0.05, 0) is 42.4 Å². The number of halogens is 1. The van der Waals surface area contributed by atoms with Gasteiger partial charge in [-0.2, -0.15) is 0 Å². The van der Waals surface area contributed by atoms with Gasteiger partial charge < -0.3 is 5.73 Å². The quantitative estimate of drug-likeness (QED) is 0.756. The summed E-state index contributed by atoms with van der Waals surface area (Å²) >= 11 is 5.98. The molecule has 76 valence electrons. The molecule has 2 rings (SSSR count). The van der Waals surface area contributed by atoms with Gasteiger partial charge in [-0.25, -0.2) is 0 Å². The Balaban J connectivity index is 2.23. The van der Waals surface area contributed by atoms with Crippen molar-refractivity contribution in [3.63, 3.8) is 0 Å². The van der Waals surface area contributed by atoms with Crippen molar-refractivity contribution in [2.75, 3.05) is 0 Å². The zero-order chi connectivity index (χ0) is 10.1. The highest BCUT2D eigenvalue weighted by atomic mass is 35.5.